The average molecular weight is 270 g/mol. The molecule has 1 aromatic heterocycles. The lowest BCUT2D eigenvalue weighted by Crippen LogP contribution is -2.04. The number of nitrogen functional groups attached to an aromatic ring is 1. The normalized spacial score (nSPS) is 11.6. The monoisotopic (exact) mass is 270 g/mol. The average Bonchev–Trinajstić information content (AvgIpc) is 2.68. The van der Waals surface area contributed by atoms with E-state index in [-0.39, 0.29) is 0 Å². The van der Waals surface area contributed by atoms with Crippen molar-refractivity contribution in [2.75, 3.05) is 5.73 Å². The van der Waals surface area contributed by atoms with Crippen molar-refractivity contribution < 1.29 is 13.0 Å². The maximum absolute atomic E-state index is 10.9. The summed E-state index contributed by atoms with van der Waals surface area (Å²) >= 11 is 1.36. The van der Waals surface area contributed by atoms with Gasteiger partial charge in [0.2, 0.25) is 0 Å². The molecule has 0 aliphatic carbocycles. The predicted molar refractivity (Wildman–Crippen MR) is 67.2 cm³/mol. The van der Waals surface area contributed by atoms with Gasteiger partial charge in [0.1, 0.15) is 10.8 Å². The fourth-order valence-electron chi connectivity index (χ4n) is 1.54. The van der Waals surface area contributed by atoms with Crippen molar-refractivity contribution in [1.82, 2.24) is 4.98 Å². The fourth-order valence-corrected chi connectivity index (χ4v) is 2.92. The standard InChI is InChI=1S/C10H10N2O3S2/c11-8-3-1-2-7(6-17(13,14)15)9(8)10-12-4-5-16-10/h1-5H,6,11H2,(H,13,14,15). The first-order chi connectivity index (χ1) is 7.97. The number of hydrogen-bond acceptors (Lipinski definition) is 5. The number of hydrogen-bond donors (Lipinski definition) is 2. The van der Waals surface area contributed by atoms with E-state index in [0.29, 0.717) is 21.8 Å². The summed E-state index contributed by atoms with van der Waals surface area (Å²) < 4.78 is 30.8. The van der Waals surface area contributed by atoms with Crippen molar-refractivity contribution in [1.29, 1.82) is 0 Å². The van der Waals surface area contributed by atoms with Gasteiger partial charge in [0, 0.05) is 22.8 Å². The van der Waals surface area contributed by atoms with Crippen LogP contribution in [0.3, 0.4) is 0 Å². The summed E-state index contributed by atoms with van der Waals surface area (Å²) in [5.41, 5.74) is 7.28. The topological polar surface area (TPSA) is 93.3 Å². The van der Waals surface area contributed by atoms with Crippen LogP contribution >= 0.6 is 11.3 Å². The third kappa shape index (κ3) is 2.82. The fraction of sp³-hybridized carbons (Fsp3) is 0.100. The Balaban J connectivity index is 2.57. The third-order valence-electron chi connectivity index (χ3n) is 2.17. The molecule has 0 amide bonds. The Hall–Kier alpha value is -1.44. The molecule has 0 unspecified atom stereocenters. The van der Waals surface area contributed by atoms with E-state index in [1.807, 2.05) is 0 Å². The maximum Gasteiger partial charge on any atom is 0.269 e. The van der Waals surface area contributed by atoms with E-state index in [1.165, 1.54) is 11.3 Å². The molecule has 0 bridgehead atoms. The molecule has 1 heterocycles. The molecule has 0 saturated heterocycles. The molecule has 0 saturated carbocycles. The van der Waals surface area contributed by atoms with Gasteiger partial charge in [0.05, 0.1) is 0 Å². The van der Waals surface area contributed by atoms with Crippen LogP contribution in [-0.4, -0.2) is 18.0 Å². The van der Waals surface area contributed by atoms with Crippen molar-refractivity contribution in [3.05, 3.63) is 35.3 Å². The van der Waals surface area contributed by atoms with Gasteiger partial charge in [-0.25, -0.2) is 4.98 Å². The van der Waals surface area contributed by atoms with Crippen molar-refractivity contribution in [3.8, 4) is 10.6 Å². The molecule has 1 aromatic carbocycles. The molecule has 5 nitrogen and oxygen atoms in total. The molecule has 0 fully saturated rings. The van der Waals surface area contributed by atoms with E-state index in [2.05, 4.69) is 4.98 Å². The first-order valence-electron chi connectivity index (χ1n) is 4.70. The lowest BCUT2D eigenvalue weighted by molar-refractivity contribution is 0.482. The van der Waals surface area contributed by atoms with E-state index >= 15 is 0 Å². The molecule has 90 valence electrons. The summed E-state index contributed by atoms with van der Waals surface area (Å²) in [5, 5.41) is 2.42. The summed E-state index contributed by atoms with van der Waals surface area (Å²) in [7, 11) is -4.09. The van der Waals surface area contributed by atoms with Gasteiger partial charge >= 0.3 is 0 Å². The minimum absolute atomic E-state index is 0.445. The van der Waals surface area contributed by atoms with Gasteiger partial charge in [-0.1, -0.05) is 12.1 Å². The van der Waals surface area contributed by atoms with Gasteiger partial charge in [-0.2, -0.15) is 8.42 Å². The molecule has 0 aliphatic rings. The molecule has 0 spiro atoms. The SMILES string of the molecule is Nc1cccc(CS(=O)(=O)O)c1-c1nccs1. The van der Waals surface area contributed by atoms with Crippen molar-refractivity contribution in [2.45, 2.75) is 5.75 Å². The molecule has 3 N–H and O–H groups in total. The van der Waals surface area contributed by atoms with Crippen molar-refractivity contribution in [2.24, 2.45) is 0 Å². The number of aromatic nitrogens is 1. The third-order valence-corrected chi connectivity index (χ3v) is 3.63. The summed E-state index contributed by atoms with van der Waals surface area (Å²) in [4.78, 5) is 4.10. The van der Waals surface area contributed by atoms with Gasteiger partial charge in [-0.05, 0) is 11.6 Å². The number of rotatable bonds is 3. The Morgan fingerprint density at radius 1 is 1.41 bits per heavy atom. The van der Waals surface area contributed by atoms with Crippen LogP contribution in [0, 0.1) is 0 Å². The van der Waals surface area contributed by atoms with Gasteiger partial charge in [-0.15, -0.1) is 11.3 Å². The largest absolute Gasteiger partial charge is 0.398 e. The molecular formula is C10H10N2O3S2. The van der Waals surface area contributed by atoms with E-state index in [1.54, 1.807) is 29.8 Å². The quantitative estimate of drug-likeness (QED) is 0.655. The Morgan fingerprint density at radius 2 is 2.18 bits per heavy atom. The molecular weight excluding hydrogens is 260 g/mol. The molecule has 17 heavy (non-hydrogen) atoms. The smallest absolute Gasteiger partial charge is 0.269 e. The summed E-state index contributed by atoms with van der Waals surface area (Å²) in [6, 6.07) is 4.93. The predicted octanol–water partition coefficient (Wildman–Crippen LogP) is 1.78. The second kappa shape index (κ2) is 4.44. The number of benzene rings is 1. The summed E-state index contributed by atoms with van der Waals surface area (Å²) in [6.07, 6.45) is 1.61. The highest BCUT2D eigenvalue weighted by atomic mass is 32.2. The zero-order valence-corrected chi connectivity index (χ0v) is 10.3. The van der Waals surface area contributed by atoms with Gasteiger partial charge in [-0.3, -0.25) is 4.55 Å². The molecule has 2 rings (SSSR count). The molecule has 7 heteroatoms. The highest BCUT2D eigenvalue weighted by Gasteiger charge is 2.15. The Labute approximate surface area is 103 Å². The first-order valence-corrected chi connectivity index (χ1v) is 7.18. The summed E-state index contributed by atoms with van der Waals surface area (Å²) in [6.45, 7) is 0. The molecule has 2 aromatic rings. The minimum atomic E-state index is -4.09. The van der Waals surface area contributed by atoms with E-state index in [9.17, 15) is 8.42 Å². The zero-order chi connectivity index (χ0) is 12.5. The van der Waals surface area contributed by atoms with E-state index < -0.39 is 15.9 Å². The highest BCUT2D eigenvalue weighted by molar-refractivity contribution is 7.85. The van der Waals surface area contributed by atoms with Crippen LogP contribution < -0.4 is 5.73 Å². The van der Waals surface area contributed by atoms with Crippen LogP contribution in [0.15, 0.2) is 29.8 Å². The lowest BCUT2D eigenvalue weighted by Gasteiger charge is -2.08. The van der Waals surface area contributed by atoms with Gasteiger partial charge < -0.3 is 5.73 Å². The minimum Gasteiger partial charge on any atom is -0.398 e. The second-order valence-corrected chi connectivity index (χ2v) is 5.79. The lowest BCUT2D eigenvalue weighted by atomic mass is 10.1. The maximum atomic E-state index is 10.9. The zero-order valence-electron chi connectivity index (χ0n) is 8.70. The van der Waals surface area contributed by atoms with Crippen LogP contribution in [0.25, 0.3) is 10.6 Å². The number of nitrogens with two attached hydrogens (primary N) is 1. The van der Waals surface area contributed by atoms with E-state index in [4.69, 9.17) is 10.3 Å². The van der Waals surface area contributed by atoms with Gasteiger partial charge in [0.25, 0.3) is 10.1 Å². The van der Waals surface area contributed by atoms with Crippen molar-refractivity contribution in [3.63, 3.8) is 0 Å². The Bertz CT molecular complexity index is 621. The second-order valence-electron chi connectivity index (χ2n) is 3.44. The van der Waals surface area contributed by atoms with E-state index in [0.717, 1.165) is 0 Å². The number of nitrogens with zero attached hydrogens (tertiary/aromatic N) is 1. The van der Waals surface area contributed by atoms with Crippen LogP contribution in [0.1, 0.15) is 5.56 Å². The Morgan fingerprint density at radius 3 is 2.76 bits per heavy atom. The van der Waals surface area contributed by atoms with Crippen LogP contribution in [-0.2, 0) is 15.9 Å². The first kappa shape index (κ1) is 12.0. The van der Waals surface area contributed by atoms with Crippen LogP contribution in [0.2, 0.25) is 0 Å². The molecule has 0 radical (unpaired) electrons. The number of anilines is 1. The summed E-state index contributed by atoms with van der Waals surface area (Å²) in [5.74, 6) is -0.465. The number of thiazole rings is 1. The molecule has 0 aliphatic heterocycles. The van der Waals surface area contributed by atoms with Crippen molar-refractivity contribution >= 4 is 27.1 Å². The molecule has 0 atom stereocenters. The van der Waals surface area contributed by atoms with Crippen LogP contribution in [0.5, 0.6) is 0 Å². The van der Waals surface area contributed by atoms with Crippen LogP contribution in [0.4, 0.5) is 5.69 Å². The van der Waals surface area contributed by atoms with Gasteiger partial charge in [0.15, 0.2) is 0 Å². The highest BCUT2D eigenvalue weighted by Crippen LogP contribution is 2.32. The Kier molecular flexibility index (Phi) is 3.14.